The molecule has 0 bridgehead atoms. The molecular weight excluding hydrogens is 425 g/mol. The average Bonchev–Trinajstić information content (AvgIpc) is 3.44. The summed E-state index contributed by atoms with van der Waals surface area (Å²) < 4.78 is 15.4. The molecule has 164 valence electrons. The van der Waals surface area contributed by atoms with Crippen LogP contribution in [-0.4, -0.2) is 40.3 Å². The monoisotopic (exact) mass is 449 g/mol. The highest BCUT2D eigenvalue weighted by Gasteiger charge is 2.21. The lowest BCUT2D eigenvalue weighted by Gasteiger charge is -2.28. The number of carbonyl (C=O) groups excluding carboxylic acids is 1. The number of hydrogen-bond donors (Lipinski definition) is 0. The van der Waals surface area contributed by atoms with E-state index in [-0.39, 0.29) is 5.82 Å². The molecule has 1 saturated heterocycles. The number of aryl methyl sites for hydroxylation is 1. The Balaban J connectivity index is 1.51. The molecule has 0 spiro atoms. The van der Waals surface area contributed by atoms with Crippen molar-refractivity contribution < 1.29 is 9.18 Å². The van der Waals surface area contributed by atoms with E-state index in [2.05, 4.69) is 33.4 Å². The van der Waals surface area contributed by atoms with E-state index < -0.39 is 0 Å². The molecule has 5 rings (SSSR count). The number of Topliss-reactive ketones (excluding diaryl/α,β-unsaturated/α-hetero) is 1. The maximum atomic E-state index is 13.3. The first kappa shape index (κ1) is 20.6. The molecule has 4 heterocycles. The fourth-order valence-electron chi connectivity index (χ4n) is 4.13. The standard InChI is InChI=1S/C24H24FN5OS/c1-3-20-23(28(2)24-27-21(15-32-24)16-4-6-17(25)7-5-16)30-14-18(8-9-22(30)26-20)29-12-10-19(31)11-13-29/h4-9,14-15H,3,10-13H2,1-2H3. The number of imidazole rings is 1. The van der Waals surface area contributed by atoms with Crippen LogP contribution in [0.3, 0.4) is 0 Å². The summed E-state index contributed by atoms with van der Waals surface area (Å²) in [6, 6.07) is 10.5. The Morgan fingerprint density at radius 2 is 1.84 bits per heavy atom. The molecule has 1 aliphatic heterocycles. The number of aromatic nitrogens is 3. The highest BCUT2D eigenvalue weighted by molar-refractivity contribution is 7.14. The van der Waals surface area contributed by atoms with Crippen LogP contribution >= 0.6 is 11.3 Å². The fraction of sp³-hybridized carbons (Fsp3) is 0.292. The number of pyridine rings is 1. The molecule has 0 amide bonds. The number of anilines is 3. The summed E-state index contributed by atoms with van der Waals surface area (Å²) in [6.45, 7) is 3.60. The summed E-state index contributed by atoms with van der Waals surface area (Å²) in [6.07, 6.45) is 4.10. The third kappa shape index (κ3) is 3.75. The Morgan fingerprint density at radius 1 is 1.09 bits per heavy atom. The Bertz CT molecular complexity index is 1270. The predicted molar refractivity (Wildman–Crippen MR) is 127 cm³/mol. The highest BCUT2D eigenvalue weighted by Crippen LogP contribution is 2.34. The topological polar surface area (TPSA) is 53.7 Å². The maximum Gasteiger partial charge on any atom is 0.191 e. The number of rotatable bonds is 5. The normalized spacial score (nSPS) is 14.3. The molecular formula is C24H24FN5OS. The third-order valence-electron chi connectivity index (χ3n) is 5.91. The van der Waals surface area contributed by atoms with Crippen LogP contribution in [0, 0.1) is 5.82 Å². The van der Waals surface area contributed by atoms with Crippen LogP contribution < -0.4 is 9.80 Å². The highest BCUT2D eigenvalue weighted by atomic mass is 32.1. The second-order valence-electron chi connectivity index (χ2n) is 7.96. The zero-order chi connectivity index (χ0) is 22.2. The van der Waals surface area contributed by atoms with Gasteiger partial charge in [0.15, 0.2) is 5.13 Å². The van der Waals surface area contributed by atoms with Gasteiger partial charge in [0.25, 0.3) is 0 Å². The number of piperidine rings is 1. The van der Waals surface area contributed by atoms with Crippen LogP contribution in [-0.2, 0) is 11.2 Å². The number of fused-ring (bicyclic) bond motifs is 1. The smallest absolute Gasteiger partial charge is 0.191 e. The molecule has 1 aromatic carbocycles. The molecule has 32 heavy (non-hydrogen) atoms. The van der Waals surface area contributed by atoms with Gasteiger partial charge in [-0.1, -0.05) is 6.92 Å². The lowest BCUT2D eigenvalue weighted by Crippen LogP contribution is -2.33. The summed E-state index contributed by atoms with van der Waals surface area (Å²) in [7, 11) is 2.00. The molecule has 0 saturated carbocycles. The first-order chi connectivity index (χ1) is 15.5. The van der Waals surface area contributed by atoms with Crippen molar-refractivity contribution in [3.8, 4) is 11.3 Å². The molecule has 0 unspecified atom stereocenters. The van der Waals surface area contributed by atoms with Crippen LogP contribution in [0.1, 0.15) is 25.5 Å². The van der Waals surface area contributed by atoms with E-state index in [0.29, 0.717) is 18.6 Å². The molecule has 8 heteroatoms. The first-order valence-corrected chi connectivity index (χ1v) is 11.6. The maximum absolute atomic E-state index is 13.3. The minimum atomic E-state index is -0.256. The lowest BCUT2D eigenvalue weighted by molar-refractivity contribution is -0.119. The Kier molecular flexibility index (Phi) is 5.38. The van der Waals surface area contributed by atoms with Gasteiger partial charge >= 0.3 is 0 Å². The Morgan fingerprint density at radius 3 is 2.56 bits per heavy atom. The van der Waals surface area contributed by atoms with Crippen LogP contribution in [0.25, 0.3) is 16.9 Å². The average molecular weight is 450 g/mol. The first-order valence-electron chi connectivity index (χ1n) is 10.8. The van der Waals surface area contributed by atoms with Gasteiger partial charge in [0, 0.05) is 50.1 Å². The molecule has 1 fully saturated rings. The number of carbonyl (C=O) groups is 1. The predicted octanol–water partition coefficient (Wildman–Crippen LogP) is 5.10. The molecule has 0 atom stereocenters. The molecule has 0 radical (unpaired) electrons. The number of hydrogen-bond acceptors (Lipinski definition) is 6. The quantitative estimate of drug-likeness (QED) is 0.424. The van der Waals surface area contributed by atoms with Crippen molar-refractivity contribution in [3.05, 3.63) is 59.5 Å². The number of nitrogens with zero attached hydrogens (tertiary/aromatic N) is 5. The molecule has 0 N–H and O–H groups in total. The van der Waals surface area contributed by atoms with E-state index in [1.807, 2.05) is 18.5 Å². The van der Waals surface area contributed by atoms with Gasteiger partial charge in [0.05, 0.1) is 17.1 Å². The number of thiazole rings is 1. The van der Waals surface area contributed by atoms with Gasteiger partial charge in [-0.25, -0.2) is 14.4 Å². The summed E-state index contributed by atoms with van der Waals surface area (Å²) in [5.41, 5.74) is 4.68. The van der Waals surface area contributed by atoms with Crippen molar-refractivity contribution in [3.63, 3.8) is 0 Å². The molecule has 0 aliphatic carbocycles. The van der Waals surface area contributed by atoms with Gasteiger partial charge in [-0.05, 0) is 42.8 Å². The van der Waals surface area contributed by atoms with Crippen molar-refractivity contribution in [2.24, 2.45) is 0 Å². The second kappa shape index (κ2) is 8.35. The molecule has 4 aromatic rings. The third-order valence-corrected chi connectivity index (χ3v) is 6.82. The van der Waals surface area contributed by atoms with Crippen LogP contribution in [0.4, 0.5) is 21.0 Å². The minimum absolute atomic E-state index is 0.256. The van der Waals surface area contributed by atoms with Gasteiger partial charge in [-0.2, -0.15) is 0 Å². The molecule has 3 aromatic heterocycles. The van der Waals surface area contributed by atoms with Gasteiger partial charge in [0.2, 0.25) is 0 Å². The summed E-state index contributed by atoms with van der Waals surface area (Å²) in [4.78, 5) is 25.6. The van der Waals surface area contributed by atoms with Gasteiger partial charge in [0.1, 0.15) is 23.1 Å². The number of halogens is 1. The van der Waals surface area contributed by atoms with Gasteiger partial charge in [-0.3, -0.25) is 9.20 Å². The summed E-state index contributed by atoms with van der Waals surface area (Å²) >= 11 is 1.55. The molecule has 6 nitrogen and oxygen atoms in total. The van der Waals surface area contributed by atoms with Crippen molar-refractivity contribution in [2.75, 3.05) is 29.9 Å². The SMILES string of the molecule is CCc1nc2ccc(N3CCC(=O)CC3)cn2c1N(C)c1nc(-c2ccc(F)cc2)cs1. The van der Waals surface area contributed by atoms with Crippen molar-refractivity contribution >= 4 is 39.4 Å². The minimum Gasteiger partial charge on any atom is -0.369 e. The summed E-state index contributed by atoms with van der Waals surface area (Å²) in [5, 5.41) is 2.83. The van der Waals surface area contributed by atoms with E-state index in [1.54, 1.807) is 23.5 Å². The van der Waals surface area contributed by atoms with E-state index in [1.165, 1.54) is 12.1 Å². The Labute approximate surface area is 190 Å². The van der Waals surface area contributed by atoms with Gasteiger partial charge < -0.3 is 9.80 Å². The zero-order valence-corrected chi connectivity index (χ0v) is 18.9. The van der Waals surface area contributed by atoms with Crippen LogP contribution in [0.2, 0.25) is 0 Å². The van der Waals surface area contributed by atoms with Gasteiger partial charge in [-0.15, -0.1) is 11.3 Å². The van der Waals surface area contributed by atoms with E-state index in [4.69, 9.17) is 9.97 Å². The summed E-state index contributed by atoms with van der Waals surface area (Å²) in [5.74, 6) is 1.06. The van der Waals surface area contributed by atoms with E-state index in [9.17, 15) is 9.18 Å². The molecule has 1 aliphatic rings. The number of benzene rings is 1. The lowest BCUT2D eigenvalue weighted by atomic mass is 10.1. The Hall–Kier alpha value is -3.26. The number of ketones is 1. The zero-order valence-electron chi connectivity index (χ0n) is 18.1. The van der Waals surface area contributed by atoms with E-state index >= 15 is 0 Å². The second-order valence-corrected chi connectivity index (χ2v) is 8.79. The van der Waals surface area contributed by atoms with Crippen LogP contribution in [0.15, 0.2) is 48.0 Å². The van der Waals surface area contributed by atoms with E-state index in [0.717, 1.165) is 58.7 Å². The fourth-order valence-corrected chi connectivity index (χ4v) is 4.93. The van der Waals surface area contributed by atoms with Crippen molar-refractivity contribution in [2.45, 2.75) is 26.2 Å². The largest absolute Gasteiger partial charge is 0.369 e. The van der Waals surface area contributed by atoms with Crippen LogP contribution in [0.5, 0.6) is 0 Å². The van der Waals surface area contributed by atoms with Crippen molar-refractivity contribution in [1.29, 1.82) is 0 Å². The van der Waals surface area contributed by atoms with Crippen molar-refractivity contribution in [1.82, 2.24) is 14.4 Å².